The Morgan fingerprint density at radius 1 is 1.00 bits per heavy atom. The Morgan fingerprint density at radius 3 is 2.44 bits per heavy atom. The molecule has 0 radical (unpaired) electrons. The Bertz CT molecular complexity index is 1590. The maximum atomic E-state index is 14.3. The van der Waals surface area contributed by atoms with Crippen molar-refractivity contribution in [2.45, 2.75) is 84.9 Å². The highest BCUT2D eigenvalue weighted by Gasteiger charge is 2.38. The summed E-state index contributed by atoms with van der Waals surface area (Å²) in [5.41, 5.74) is 2.02. The van der Waals surface area contributed by atoms with Crippen molar-refractivity contribution in [2.24, 2.45) is 0 Å². The van der Waals surface area contributed by atoms with Gasteiger partial charge in [0.05, 0.1) is 36.9 Å². The van der Waals surface area contributed by atoms with Crippen LogP contribution in [-0.2, 0) is 25.5 Å². The van der Waals surface area contributed by atoms with Crippen molar-refractivity contribution in [3.8, 4) is 5.75 Å². The van der Waals surface area contributed by atoms with Gasteiger partial charge in [0.2, 0.25) is 5.91 Å². The molecule has 3 amide bonds. The molecule has 11 nitrogen and oxygen atoms in total. The number of aryl methyl sites for hydroxylation is 1. The summed E-state index contributed by atoms with van der Waals surface area (Å²) in [5, 5.41) is 2.64. The van der Waals surface area contributed by atoms with Crippen molar-refractivity contribution in [1.82, 2.24) is 9.88 Å². The van der Waals surface area contributed by atoms with Crippen LogP contribution in [0.15, 0.2) is 66.9 Å². The number of aromatic nitrogens is 1. The van der Waals surface area contributed by atoms with Crippen LogP contribution in [0.2, 0.25) is 0 Å². The molecule has 1 aliphatic rings. The van der Waals surface area contributed by atoms with Gasteiger partial charge in [-0.25, -0.2) is 9.78 Å². The van der Waals surface area contributed by atoms with Crippen LogP contribution < -0.4 is 15.0 Å². The van der Waals surface area contributed by atoms with Gasteiger partial charge in [-0.05, 0) is 96.2 Å². The van der Waals surface area contributed by atoms with E-state index in [1.165, 1.54) is 4.90 Å². The van der Waals surface area contributed by atoms with E-state index in [9.17, 15) is 19.2 Å². The van der Waals surface area contributed by atoms with Crippen LogP contribution in [0.25, 0.3) is 0 Å². The van der Waals surface area contributed by atoms with Crippen LogP contribution >= 0.6 is 0 Å². The molecular weight excluding hydrogens is 612 g/mol. The van der Waals surface area contributed by atoms with Gasteiger partial charge in [-0.2, -0.15) is 0 Å². The second kappa shape index (κ2) is 16.3. The van der Waals surface area contributed by atoms with Gasteiger partial charge in [-0.15, -0.1) is 0 Å². The Labute approximate surface area is 282 Å². The Kier molecular flexibility index (Phi) is 12.2. The quantitative estimate of drug-likeness (QED) is 0.158. The first-order valence-corrected chi connectivity index (χ1v) is 16.4. The predicted molar refractivity (Wildman–Crippen MR) is 183 cm³/mol. The Morgan fingerprint density at radius 2 is 1.75 bits per heavy atom. The number of carbonyl (C=O) groups is 4. The number of rotatable bonds is 13. The second-order valence-electron chi connectivity index (χ2n) is 12.9. The van der Waals surface area contributed by atoms with Crippen molar-refractivity contribution < 1.29 is 33.4 Å². The van der Waals surface area contributed by atoms with Crippen molar-refractivity contribution in [3.05, 3.63) is 83.6 Å². The summed E-state index contributed by atoms with van der Waals surface area (Å²) in [7, 11) is 0. The predicted octanol–water partition coefficient (Wildman–Crippen LogP) is 6.72. The fraction of sp³-hybridized carbons (Fsp3) is 0.432. The lowest BCUT2D eigenvalue weighted by Crippen LogP contribution is -2.44. The number of esters is 1. The average Bonchev–Trinajstić information content (AvgIpc) is 3.13. The number of pyridine rings is 1. The minimum absolute atomic E-state index is 0.0699. The highest BCUT2D eigenvalue weighted by molar-refractivity contribution is 6.10. The highest BCUT2D eigenvalue weighted by atomic mass is 16.6. The minimum atomic E-state index is -0.676. The number of amides is 3. The number of unbranched alkanes of at least 4 members (excludes halogenated alkanes) is 1. The molecule has 0 bridgehead atoms. The third kappa shape index (κ3) is 9.56. The van der Waals surface area contributed by atoms with Crippen LogP contribution in [0.3, 0.4) is 0 Å². The summed E-state index contributed by atoms with van der Waals surface area (Å²) in [6, 6.07) is 17.5. The Hall–Kier alpha value is -4.93. The van der Waals surface area contributed by atoms with Gasteiger partial charge >= 0.3 is 12.1 Å². The Balaban J connectivity index is 1.49. The summed E-state index contributed by atoms with van der Waals surface area (Å²) >= 11 is 0. The van der Waals surface area contributed by atoms with Gasteiger partial charge in [0.15, 0.2) is 11.6 Å². The largest absolute Gasteiger partial charge is 0.490 e. The molecule has 1 unspecified atom stereocenters. The maximum Gasteiger partial charge on any atom is 0.413 e. The summed E-state index contributed by atoms with van der Waals surface area (Å²) in [5.74, 6) is -0.254. The molecule has 1 aromatic heterocycles. The van der Waals surface area contributed by atoms with Crippen molar-refractivity contribution in [1.29, 1.82) is 0 Å². The fourth-order valence-electron chi connectivity index (χ4n) is 5.60. The van der Waals surface area contributed by atoms with E-state index < -0.39 is 23.7 Å². The zero-order valence-corrected chi connectivity index (χ0v) is 28.7. The molecule has 0 saturated heterocycles. The van der Waals surface area contributed by atoms with Gasteiger partial charge < -0.3 is 24.0 Å². The molecular formula is C37H46N4O7. The van der Waals surface area contributed by atoms with Crippen LogP contribution in [0.5, 0.6) is 5.75 Å². The molecule has 0 fully saturated rings. The third-order valence-electron chi connectivity index (χ3n) is 7.64. The molecule has 11 heteroatoms. The first-order valence-electron chi connectivity index (χ1n) is 16.4. The first kappa shape index (κ1) is 35.9. The number of fused-ring (bicyclic) bond motifs is 1. The lowest BCUT2D eigenvalue weighted by molar-refractivity contribution is -0.144. The first-order chi connectivity index (χ1) is 22.9. The van der Waals surface area contributed by atoms with Gasteiger partial charge in [-0.3, -0.25) is 19.7 Å². The normalized spacial score (nSPS) is 13.9. The van der Waals surface area contributed by atoms with Crippen LogP contribution in [0, 0.1) is 0 Å². The average molecular weight is 659 g/mol. The van der Waals surface area contributed by atoms with Crippen molar-refractivity contribution >= 4 is 35.4 Å². The maximum absolute atomic E-state index is 14.3. The molecule has 1 atom stereocenters. The number of carbonyl (C=O) groups excluding carboxylic acids is 4. The summed E-state index contributed by atoms with van der Waals surface area (Å²) in [6.07, 6.45) is 3.00. The SMILES string of the molecule is CCOC(=O)CC(c1ccccc1)N1CC(=O)N(C(C)C)c2ccc(CCCCOc3cccnc3NC(=O)OC(C)(C)C)cc2C1=O. The molecule has 2 aromatic carbocycles. The molecule has 0 spiro atoms. The summed E-state index contributed by atoms with van der Waals surface area (Å²) in [6.45, 7) is 11.4. The third-order valence-corrected chi connectivity index (χ3v) is 7.64. The number of hydrogen-bond donors (Lipinski definition) is 1. The monoisotopic (exact) mass is 658 g/mol. The van der Waals surface area contributed by atoms with Gasteiger partial charge in [0.25, 0.3) is 5.91 Å². The zero-order valence-electron chi connectivity index (χ0n) is 28.7. The number of benzene rings is 2. The van der Waals surface area contributed by atoms with E-state index in [4.69, 9.17) is 14.2 Å². The molecule has 1 N–H and O–H groups in total. The topological polar surface area (TPSA) is 127 Å². The van der Waals surface area contributed by atoms with E-state index >= 15 is 0 Å². The lowest BCUT2D eigenvalue weighted by atomic mass is 9.99. The van der Waals surface area contributed by atoms with Gasteiger partial charge in [0.1, 0.15) is 12.1 Å². The second-order valence-corrected chi connectivity index (χ2v) is 12.9. The molecule has 3 aromatic rings. The van der Waals surface area contributed by atoms with Gasteiger partial charge in [-0.1, -0.05) is 36.4 Å². The van der Waals surface area contributed by atoms with Crippen molar-refractivity contribution in [3.63, 3.8) is 0 Å². The van der Waals surface area contributed by atoms with Crippen LogP contribution in [-0.4, -0.2) is 65.2 Å². The van der Waals surface area contributed by atoms with E-state index in [-0.39, 0.29) is 43.2 Å². The van der Waals surface area contributed by atoms with Crippen LogP contribution in [0.1, 0.15) is 88.3 Å². The summed E-state index contributed by atoms with van der Waals surface area (Å²) < 4.78 is 16.5. The number of nitrogens with one attached hydrogen (secondary N) is 1. The highest BCUT2D eigenvalue weighted by Crippen LogP contribution is 2.34. The van der Waals surface area contributed by atoms with Crippen molar-refractivity contribution in [2.75, 3.05) is 30.0 Å². The fourth-order valence-corrected chi connectivity index (χ4v) is 5.60. The van der Waals surface area contributed by atoms with E-state index in [0.29, 0.717) is 36.4 Å². The number of nitrogens with zero attached hydrogens (tertiary/aromatic N) is 3. The molecule has 4 rings (SSSR count). The summed E-state index contributed by atoms with van der Waals surface area (Å²) in [4.78, 5) is 60.3. The molecule has 0 saturated carbocycles. The number of anilines is 2. The molecule has 2 heterocycles. The smallest absolute Gasteiger partial charge is 0.413 e. The number of hydrogen-bond acceptors (Lipinski definition) is 8. The van der Waals surface area contributed by atoms with E-state index in [1.54, 1.807) is 50.9 Å². The number of ether oxygens (including phenoxy) is 3. The van der Waals surface area contributed by atoms with Crippen LogP contribution in [0.4, 0.5) is 16.3 Å². The molecule has 256 valence electrons. The van der Waals surface area contributed by atoms with E-state index in [0.717, 1.165) is 17.5 Å². The lowest BCUT2D eigenvalue weighted by Gasteiger charge is -2.31. The minimum Gasteiger partial charge on any atom is -0.490 e. The van der Waals surface area contributed by atoms with Gasteiger partial charge in [0, 0.05) is 12.2 Å². The zero-order chi connectivity index (χ0) is 34.8. The molecule has 1 aliphatic heterocycles. The van der Waals surface area contributed by atoms with E-state index in [1.807, 2.05) is 62.4 Å². The van der Waals surface area contributed by atoms with E-state index in [2.05, 4.69) is 10.3 Å². The molecule has 0 aliphatic carbocycles. The standard InChI is InChI=1S/C37H46N4O7/c1-7-46-33(43)23-30(27-15-9-8-10-16-27)40-24-32(42)41(25(2)3)29-19-18-26(22-28(29)35(40)44)14-11-12-21-47-31-17-13-20-38-34(31)39-36(45)48-37(4,5)6/h8-10,13,15-20,22,25,30H,7,11-12,14,21,23-24H2,1-6H3,(H,38,39,45). The molecule has 48 heavy (non-hydrogen) atoms.